The van der Waals surface area contributed by atoms with Gasteiger partial charge in [0.2, 0.25) is 5.92 Å². The van der Waals surface area contributed by atoms with E-state index in [0.717, 1.165) is 0 Å². The van der Waals surface area contributed by atoms with Crippen LogP contribution >= 0.6 is 11.8 Å². The van der Waals surface area contributed by atoms with Crippen LogP contribution in [0.15, 0.2) is 35.0 Å². The monoisotopic (exact) mass is 441 g/mol. The number of carbonyl (C=O) groups excluding carboxylic acids is 1. The summed E-state index contributed by atoms with van der Waals surface area (Å²) >= 11 is 1.62. The van der Waals surface area contributed by atoms with Crippen molar-refractivity contribution in [3.8, 4) is 0 Å². The molecule has 0 aromatic heterocycles. The maximum atomic E-state index is 13.4. The normalized spacial score (nSPS) is 27.0. The molecule has 5 nitrogen and oxygen atoms in total. The summed E-state index contributed by atoms with van der Waals surface area (Å²) in [5.41, 5.74) is -0.361. The van der Waals surface area contributed by atoms with Crippen molar-refractivity contribution >= 4 is 23.6 Å². The van der Waals surface area contributed by atoms with E-state index in [9.17, 15) is 23.5 Å². The molecule has 8 heteroatoms. The molecule has 0 aromatic carbocycles. The number of aliphatic carboxylic acids is 1. The number of nitrogens with one attached hydrogen (secondary N) is 1. The topological polar surface area (TPSA) is 75.6 Å². The van der Waals surface area contributed by atoms with Gasteiger partial charge in [-0.25, -0.2) is 13.6 Å². The van der Waals surface area contributed by atoms with Gasteiger partial charge in [0.15, 0.2) is 0 Å². The van der Waals surface area contributed by atoms with Gasteiger partial charge in [-0.15, -0.1) is 11.8 Å². The third-order valence-electron chi connectivity index (χ3n) is 5.84. The number of carboxylic acid groups (broad SMARTS) is 1. The lowest BCUT2D eigenvalue weighted by Crippen LogP contribution is -2.49. The standard InChI is InChI=1S/C22H29F2NO4S/c1-21(2,3)18(20(27)28)25-19(26)15-4-5-16-14(8-11-30-16)17(15)29-12-13-6-9-22(23,24)10-7-13/h4-5,8,11,13-14,16,18H,6-7,9-10,12H2,1-3H3,(H,25,26)(H,27,28)/t14?,16?,18-/m1/s1. The average molecular weight is 442 g/mol. The fourth-order valence-corrected chi connectivity index (χ4v) is 4.96. The average Bonchev–Trinajstić information content (AvgIpc) is 3.12. The Morgan fingerprint density at radius 3 is 2.57 bits per heavy atom. The molecule has 3 rings (SSSR count). The van der Waals surface area contributed by atoms with Crippen molar-refractivity contribution in [3.05, 3.63) is 35.0 Å². The van der Waals surface area contributed by atoms with E-state index in [1.54, 1.807) is 38.6 Å². The number of rotatable bonds is 6. The van der Waals surface area contributed by atoms with Crippen LogP contribution in [-0.2, 0) is 14.3 Å². The molecule has 1 amide bonds. The van der Waals surface area contributed by atoms with E-state index in [0.29, 0.717) is 24.2 Å². The second-order valence-corrected chi connectivity index (χ2v) is 10.4. The summed E-state index contributed by atoms with van der Waals surface area (Å²) in [5, 5.41) is 14.2. The van der Waals surface area contributed by atoms with Gasteiger partial charge in [-0.05, 0) is 35.7 Å². The number of alkyl halides is 2. The van der Waals surface area contributed by atoms with Gasteiger partial charge in [-0.2, -0.15) is 0 Å². The van der Waals surface area contributed by atoms with Crippen LogP contribution in [0.1, 0.15) is 46.5 Å². The largest absolute Gasteiger partial charge is 0.496 e. The van der Waals surface area contributed by atoms with Crippen molar-refractivity contribution in [1.29, 1.82) is 0 Å². The Labute approximate surface area is 180 Å². The number of fused-ring (bicyclic) bond motifs is 1. The van der Waals surface area contributed by atoms with Gasteiger partial charge in [0.25, 0.3) is 5.91 Å². The van der Waals surface area contributed by atoms with E-state index >= 15 is 0 Å². The molecule has 30 heavy (non-hydrogen) atoms. The first kappa shape index (κ1) is 22.8. The number of halogens is 2. The third kappa shape index (κ3) is 5.25. The van der Waals surface area contributed by atoms with Gasteiger partial charge in [0.05, 0.1) is 18.1 Å². The van der Waals surface area contributed by atoms with E-state index in [1.807, 2.05) is 17.6 Å². The molecule has 0 spiro atoms. The summed E-state index contributed by atoms with van der Waals surface area (Å²) in [7, 11) is 0. The minimum Gasteiger partial charge on any atom is -0.496 e. The minimum absolute atomic E-state index is 0.0187. The van der Waals surface area contributed by atoms with Crippen molar-refractivity contribution in [2.75, 3.05) is 6.61 Å². The van der Waals surface area contributed by atoms with Crippen LogP contribution in [0.25, 0.3) is 0 Å². The lowest BCUT2D eigenvalue weighted by atomic mass is 9.86. The molecule has 0 saturated heterocycles. The molecule has 1 fully saturated rings. The smallest absolute Gasteiger partial charge is 0.326 e. The fraction of sp³-hybridized carbons (Fsp3) is 0.636. The molecule has 1 heterocycles. The second-order valence-electron chi connectivity index (χ2n) is 9.31. The van der Waals surface area contributed by atoms with Gasteiger partial charge in [0.1, 0.15) is 11.8 Å². The van der Waals surface area contributed by atoms with Crippen LogP contribution in [0.5, 0.6) is 0 Å². The zero-order valence-corrected chi connectivity index (χ0v) is 18.3. The van der Waals surface area contributed by atoms with Crippen LogP contribution < -0.4 is 5.32 Å². The van der Waals surface area contributed by atoms with Gasteiger partial charge in [-0.3, -0.25) is 4.79 Å². The van der Waals surface area contributed by atoms with Crippen molar-refractivity contribution in [3.63, 3.8) is 0 Å². The molecule has 166 valence electrons. The lowest BCUT2D eigenvalue weighted by Gasteiger charge is -2.32. The fourth-order valence-electron chi connectivity index (χ4n) is 3.96. The van der Waals surface area contributed by atoms with Crippen molar-refractivity contribution in [2.24, 2.45) is 17.3 Å². The van der Waals surface area contributed by atoms with Crippen LogP contribution in [0.2, 0.25) is 0 Å². The number of hydrogen-bond donors (Lipinski definition) is 2. The van der Waals surface area contributed by atoms with Gasteiger partial charge >= 0.3 is 5.97 Å². The van der Waals surface area contributed by atoms with E-state index in [1.165, 1.54) is 0 Å². The first-order valence-electron chi connectivity index (χ1n) is 10.3. The predicted octanol–water partition coefficient (Wildman–Crippen LogP) is 4.51. The number of allylic oxidation sites excluding steroid dienone is 1. The molecule has 1 saturated carbocycles. The highest BCUT2D eigenvalue weighted by molar-refractivity contribution is 8.03. The Hall–Kier alpha value is -1.83. The van der Waals surface area contributed by atoms with E-state index in [4.69, 9.17) is 4.74 Å². The maximum Gasteiger partial charge on any atom is 0.326 e. The molecule has 3 atom stereocenters. The number of carbonyl (C=O) groups is 2. The molecule has 3 aliphatic rings. The van der Waals surface area contributed by atoms with E-state index < -0.39 is 29.3 Å². The van der Waals surface area contributed by atoms with Crippen molar-refractivity contribution < 1.29 is 28.2 Å². The van der Waals surface area contributed by atoms with E-state index in [2.05, 4.69) is 5.32 Å². The number of carboxylic acids is 1. The summed E-state index contributed by atoms with van der Waals surface area (Å²) in [6.45, 7) is 5.53. The van der Waals surface area contributed by atoms with Gasteiger partial charge in [0, 0.05) is 18.1 Å². The Morgan fingerprint density at radius 2 is 1.97 bits per heavy atom. The van der Waals surface area contributed by atoms with Gasteiger partial charge in [-0.1, -0.05) is 32.9 Å². The molecular formula is C22H29F2NO4S. The number of ether oxygens (including phenoxy) is 1. The van der Waals surface area contributed by atoms with Crippen LogP contribution in [0.3, 0.4) is 0 Å². The van der Waals surface area contributed by atoms with Gasteiger partial charge < -0.3 is 15.2 Å². The minimum atomic E-state index is -2.59. The SMILES string of the molecule is CC(C)(C)[C@H](NC(=O)C1=C(OCC2CCC(F)(F)CC2)C2C=CSC2C=C1)C(=O)O. The zero-order valence-electron chi connectivity index (χ0n) is 17.5. The summed E-state index contributed by atoms with van der Waals surface area (Å²) in [4.78, 5) is 24.7. The summed E-state index contributed by atoms with van der Waals surface area (Å²) < 4.78 is 32.9. The third-order valence-corrected chi connectivity index (χ3v) is 6.92. The summed E-state index contributed by atoms with van der Waals surface area (Å²) in [5.74, 6) is -3.80. The highest BCUT2D eigenvalue weighted by Crippen LogP contribution is 2.42. The quantitative estimate of drug-likeness (QED) is 0.634. The molecule has 2 N–H and O–H groups in total. The molecule has 2 unspecified atom stereocenters. The highest BCUT2D eigenvalue weighted by Gasteiger charge is 2.39. The lowest BCUT2D eigenvalue weighted by molar-refractivity contribution is -0.144. The molecule has 2 aliphatic carbocycles. The van der Waals surface area contributed by atoms with E-state index in [-0.39, 0.29) is 36.5 Å². The van der Waals surface area contributed by atoms with Crippen molar-refractivity contribution in [2.45, 2.75) is 63.7 Å². The molecule has 0 bridgehead atoms. The Balaban J connectivity index is 1.77. The summed E-state index contributed by atoms with van der Waals surface area (Å²) in [6.07, 6.45) is 6.08. The molecular weight excluding hydrogens is 412 g/mol. The Morgan fingerprint density at radius 1 is 1.30 bits per heavy atom. The highest BCUT2D eigenvalue weighted by atomic mass is 32.2. The molecule has 0 radical (unpaired) electrons. The number of thioether (sulfide) groups is 1. The second kappa shape index (κ2) is 8.73. The van der Waals surface area contributed by atoms with Crippen LogP contribution in [-0.4, -0.2) is 40.8 Å². The van der Waals surface area contributed by atoms with Crippen molar-refractivity contribution in [1.82, 2.24) is 5.32 Å². The van der Waals surface area contributed by atoms with Crippen LogP contribution in [0.4, 0.5) is 8.78 Å². The summed E-state index contributed by atoms with van der Waals surface area (Å²) in [6, 6.07) is -1.06. The molecule has 0 aromatic rings. The Kier molecular flexibility index (Phi) is 6.65. The first-order valence-corrected chi connectivity index (χ1v) is 11.2. The molecule has 1 aliphatic heterocycles. The predicted molar refractivity (Wildman–Crippen MR) is 112 cm³/mol. The number of amides is 1. The zero-order chi connectivity index (χ0) is 22.1. The Bertz CT molecular complexity index is 774. The number of hydrogen-bond acceptors (Lipinski definition) is 4. The van der Waals surface area contributed by atoms with Crippen LogP contribution in [0, 0.1) is 17.3 Å². The first-order chi connectivity index (χ1) is 14.0. The maximum absolute atomic E-state index is 13.4.